The molecule has 0 unspecified atom stereocenters. The molecule has 0 bridgehead atoms. The number of aromatic nitrogens is 2. The lowest BCUT2D eigenvalue weighted by atomic mass is 10.1. The summed E-state index contributed by atoms with van der Waals surface area (Å²) in [5, 5.41) is 0. The Morgan fingerprint density at radius 2 is 2.04 bits per heavy atom. The van der Waals surface area contributed by atoms with Crippen LogP contribution in [0.15, 0.2) is 23.1 Å². The summed E-state index contributed by atoms with van der Waals surface area (Å²) in [5.74, 6) is 2.64. The van der Waals surface area contributed by atoms with E-state index >= 15 is 0 Å². The minimum Gasteiger partial charge on any atom is -0.328 e. The van der Waals surface area contributed by atoms with E-state index in [0.29, 0.717) is 10.8 Å². The number of fused-ring (bicyclic) bond motifs is 1. The van der Waals surface area contributed by atoms with E-state index in [9.17, 15) is 8.42 Å². The molecule has 0 N–H and O–H groups in total. The second-order valence-electron chi connectivity index (χ2n) is 7.07. The third-order valence-corrected chi connectivity index (χ3v) is 6.35. The van der Waals surface area contributed by atoms with Gasteiger partial charge in [-0.05, 0) is 49.3 Å². The van der Waals surface area contributed by atoms with E-state index in [0.717, 1.165) is 42.2 Å². The average Bonchev–Trinajstić information content (AvgIpc) is 3.26. The zero-order valence-electron chi connectivity index (χ0n) is 14.2. The first-order valence-electron chi connectivity index (χ1n) is 8.62. The van der Waals surface area contributed by atoms with Gasteiger partial charge in [0.05, 0.1) is 21.7 Å². The van der Waals surface area contributed by atoms with Gasteiger partial charge in [-0.15, -0.1) is 0 Å². The lowest BCUT2D eigenvalue weighted by molar-refractivity contribution is 0.544. The smallest absolute Gasteiger partial charge is 0.178 e. The van der Waals surface area contributed by atoms with Crippen LogP contribution in [0.4, 0.5) is 0 Å². The molecule has 2 aromatic rings. The van der Waals surface area contributed by atoms with Gasteiger partial charge in [0.15, 0.2) is 9.84 Å². The lowest BCUT2D eigenvalue weighted by Crippen LogP contribution is -2.07. The van der Waals surface area contributed by atoms with Gasteiger partial charge in [-0.1, -0.05) is 20.8 Å². The molecule has 4 nitrogen and oxygen atoms in total. The van der Waals surface area contributed by atoms with E-state index in [1.807, 2.05) is 6.07 Å². The van der Waals surface area contributed by atoms with Crippen molar-refractivity contribution in [3.05, 3.63) is 24.0 Å². The molecule has 1 aliphatic rings. The average molecular weight is 334 g/mol. The van der Waals surface area contributed by atoms with Gasteiger partial charge in [0, 0.05) is 13.0 Å². The monoisotopic (exact) mass is 334 g/mol. The number of hydrogen-bond donors (Lipinski definition) is 0. The predicted octanol–water partition coefficient (Wildman–Crippen LogP) is 3.83. The SMILES string of the molecule is CCS(=O)(=O)c1ccc2c(c1)nc(CCC(C)C)n2CC1CC1. The lowest BCUT2D eigenvalue weighted by Gasteiger charge is -2.09. The highest BCUT2D eigenvalue weighted by atomic mass is 32.2. The molecular weight excluding hydrogens is 308 g/mol. The number of benzene rings is 1. The number of rotatable bonds is 7. The highest BCUT2D eigenvalue weighted by Crippen LogP contribution is 2.33. The molecule has 0 spiro atoms. The summed E-state index contributed by atoms with van der Waals surface area (Å²) in [6.07, 6.45) is 4.65. The minimum absolute atomic E-state index is 0.126. The van der Waals surface area contributed by atoms with Crippen molar-refractivity contribution in [2.75, 3.05) is 5.75 Å². The topological polar surface area (TPSA) is 52.0 Å². The normalized spacial score (nSPS) is 15.7. The van der Waals surface area contributed by atoms with Gasteiger partial charge < -0.3 is 4.57 Å². The van der Waals surface area contributed by atoms with Crippen LogP contribution in [0.5, 0.6) is 0 Å². The molecule has 5 heteroatoms. The minimum atomic E-state index is -3.18. The Morgan fingerprint density at radius 1 is 1.30 bits per heavy atom. The summed E-state index contributed by atoms with van der Waals surface area (Å²) in [6.45, 7) is 7.14. The van der Waals surface area contributed by atoms with Crippen molar-refractivity contribution < 1.29 is 8.42 Å². The van der Waals surface area contributed by atoms with Crippen molar-refractivity contribution in [1.29, 1.82) is 0 Å². The Kier molecular flexibility index (Phi) is 4.50. The van der Waals surface area contributed by atoms with Gasteiger partial charge >= 0.3 is 0 Å². The molecule has 1 heterocycles. The number of hydrogen-bond acceptors (Lipinski definition) is 3. The predicted molar refractivity (Wildman–Crippen MR) is 93.3 cm³/mol. The van der Waals surface area contributed by atoms with Gasteiger partial charge in [-0.25, -0.2) is 13.4 Å². The van der Waals surface area contributed by atoms with Gasteiger partial charge in [0.2, 0.25) is 0 Å². The maximum absolute atomic E-state index is 12.1. The summed E-state index contributed by atoms with van der Waals surface area (Å²) in [5.41, 5.74) is 1.89. The van der Waals surface area contributed by atoms with Gasteiger partial charge in [-0.3, -0.25) is 0 Å². The third kappa shape index (κ3) is 3.60. The molecule has 1 aliphatic carbocycles. The Hall–Kier alpha value is -1.36. The largest absolute Gasteiger partial charge is 0.328 e. The molecule has 1 fully saturated rings. The first kappa shape index (κ1) is 16.5. The summed E-state index contributed by atoms with van der Waals surface area (Å²) in [7, 11) is -3.18. The van der Waals surface area contributed by atoms with Crippen LogP contribution in [0.1, 0.15) is 45.9 Å². The van der Waals surface area contributed by atoms with Gasteiger partial charge in [0.25, 0.3) is 0 Å². The molecule has 3 rings (SSSR count). The van der Waals surface area contributed by atoms with Crippen molar-refractivity contribution in [2.24, 2.45) is 11.8 Å². The van der Waals surface area contributed by atoms with E-state index in [2.05, 4.69) is 18.4 Å². The molecule has 0 radical (unpaired) electrons. The summed E-state index contributed by atoms with van der Waals surface area (Å²) in [4.78, 5) is 5.16. The molecule has 1 aromatic carbocycles. The summed E-state index contributed by atoms with van der Waals surface area (Å²) in [6, 6.07) is 5.42. The zero-order valence-corrected chi connectivity index (χ0v) is 15.1. The van der Waals surface area contributed by atoms with Crippen molar-refractivity contribution in [3.8, 4) is 0 Å². The molecule has 0 saturated heterocycles. The first-order chi connectivity index (χ1) is 10.9. The van der Waals surface area contributed by atoms with Crippen LogP contribution in [-0.2, 0) is 22.8 Å². The molecule has 23 heavy (non-hydrogen) atoms. The van der Waals surface area contributed by atoms with Gasteiger partial charge in [0.1, 0.15) is 5.82 Å². The van der Waals surface area contributed by atoms with Crippen molar-refractivity contribution in [3.63, 3.8) is 0 Å². The second kappa shape index (κ2) is 6.27. The number of nitrogens with zero attached hydrogens (tertiary/aromatic N) is 2. The second-order valence-corrected chi connectivity index (χ2v) is 9.35. The van der Waals surface area contributed by atoms with E-state index in [4.69, 9.17) is 4.98 Å². The first-order valence-corrected chi connectivity index (χ1v) is 10.3. The van der Waals surface area contributed by atoms with E-state index in [-0.39, 0.29) is 5.75 Å². The fraction of sp³-hybridized carbons (Fsp3) is 0.611. The van der Waals surface area contributed by atoms with Crippen molar-refractivity contribution in [1.82, 2.24) is 9.55 Å². The van der Waals surface area contributed by atoms with Crippen molar-refractivity contribution >= 4 is 20.9 Å². The molecule has 0 atom stereocenters. The Morgan fingerprint density at radius 3 is 2.65 bits per heavy atom. The highest BCUT2D eigenvalue weighted by molar-refractivity contribution is 7.91. The van der Waals surface area contributed by atoms with E-state index in [1.54, 1.807) is 19.1 Å². The molecule has 0 amide bonds. The Bertz CT molecular complexity index is 802. The highest BCUT2D eigenvalue weighted by Gasteiger charge is 2.24. The molecule has 1 aromatic heterocycles. The molecular formula is C18H26N2O2S. The molecule has 126 valence electrons. The number of aryl methyl sites for hydroxylation is 1. The van der Waals surface area contributed by atoms with Crippen LogP contribution >= 0.6 is 0 Å². The number of sulfone groups is 1. The molecule has 1 saturated carbocycles. The van der Waals surface area contributed by atoms with E-state index in [1.165, 1.54) is 12.8 Å². The zero-order chi connectivity index (χ0) is 16.6. The standard InChI is InChI=1S/C18H26N2O2S/c1-4-23(21,22)15-8-9-17-16(11-15)19-18(10-5-13(2)3)20(17)12-14-6-7-14/h8-9,11,13-14H,4-7,10,12H2,1-3H3. The Balaban J connectivity index is 2.02. The van der Waals surface area contributed by atoms with Crippen LogP contribution in [0.3, 0.4) is 0 Å². The fourth-order valence-corrected chi connectivity index (χ4v) is 3.79. The van der Waals surface area contributed by atoms with Crippen LogP contribution in [-0.4, -0.2) is 23.7 Å². The molecule has 0 aliphatic heterocycles. The van der Waals surface area contributed by atoms with Crippen LogP contribution < -0.4 is 0 Å². The van der Waals surface area contributed by atoms with E-state index < -0.39 is 9.84 Å². The van der Waals surface area contributed by atoms with Crippen LogP contribution in [0.25, 0.3) is 11.0 Å². The van der Waals surface area contributed by atoms with Crippen molar-refractivity contribution in [2.45, 2.75) is 57.9 Å². The Labute approximate surface area is 138 Å². The van der Waals surface area contributed by atoms with Crippen LogP contribution in [0, 0.1) is 11.8 Å². The maximum Gasteiger partial charge on any atom is 0.178 e. The fourth-order valence-electron chi connectivity index (χ4n) is 2.89. The quantitative estimate of drug-likeness (QED) is 0.773. The maximum atomic E-state index is 12.1. The summed E-state index contributed by atoms with van der Waals surface area (Å²) < 4.78 is 26.5. The summed E-state index contributed by atoms with van der Waals surface area (Å²) >= 11 is 0. The van der Waals surface area contributed by atoms with Crippen LogP contribution in [0.2, 0.25) is 0 Å². The third-order valence-electron chi connectivity index (χ3n) is 4.62. The van der Waals surface area contributed by atoms with Gasteiger partial charge in [-0.2, -0.15) is 0 Å². The number of imidazole rings is 1.